The van der Waals surface area contributed by atoms with E-state index in [9.17, 15) is 9.59 Å². The van der Waals surface area contributed by atoms with E-state index in [1.165, 1.54) is 6.21 Å². The maximum Gasteiger partial charge on any atom is 0.341 e. The van der Waals surface area contributed by atoms with Gasteiger partial charge in [-0.1, -0.05) is 30.3 Å². The first kappa shape index (κ1) is 22.4. The summed E-state index contributed by atoms with van der Waals surface area (Å²) in [6.07, 6.45) is 1.46. The number of carbonyl (C=O) groups excluding carboxylic acids is 1. The predicted molar refractivity (Wildman–Crippen MR) is 118 cm³/mol. The zero-order valence-electron chi connectivity index (χ0n) is 17.1. The number of nitrogens with one attached hydrogen (secondary N) is 1. The number of carboxylic acids is 1. The lowest BCUT2D eigenvalue weighted by molar-refractivity contribution is -0.139. The summed E-state index contributed by atoms with van der Waals surface area (Å²) in [5.41, 5.74) is 4.16. The van der Waals surface area contributed by atoms with E-state index in [2.05, 4.69) is 10.5 Å². The highest BCUT2D eigenvalue weighted by Gasteiger charge is 2.03. The van der Waals surface area contributed by atoms with Gasteiger partial charge in [0, 0.05) is 0 Å². The topological polar surface area (TPSA) is 106 Å². The number of hydrogen-bond acceptors (Lipinski definition) is 6. The average Bonchev–Trinajstić information content (AvgIpc) is 2.82. The molecule has 0 bridgehead atoms. The Morgan fingerprint density at radius 1 is 0.781 bits per heavy atom. The van der Waals surface area contributed by atoms with Crippen molar-refractivity contribution in [2.24, 2.45) is 5.10 Å². The number of carbonyl (C=O) groups is 2. The first-order chi connectivity index (χ1) is 15.6. The van der Waals surface area contributed by atoms with Gasteiger partial charge in [-0.25, -0.2) is 10.2 Å². The summed E-state index contributed by atoms with van der Waals surface area (Å²) in [5.74, 6) is 0.209. The fraction of sp³-hybridized carbons (Fsp3) is 0.125. The number of rotatable bonds is 11. The van der Waals surface area contributed by atoms with Crippen LogP contribution in [0.3, 0.4) is 0 Å². The van der Waals surface area contributed by atoms with Crippen LogP contribution in [-0.4, -0.2) is 36.4 Å². The van der Waals surface area contributed by atoms with Gasteiger partial charge in [0.25, 0.3) is 5.91 Å². The molecule has 0 saturated carbocycles. The summed E-state index contributed by atoms with van der Waals surface area (Å²) in [6, 6.07) is 23.5. The molecular formula is C24H22N2O6. The third kappa shape index (κ3) is 7.83. The Balaban J connectivity index is 1.37. The van der Waals surface area contributed by atoms with Gasteiger partial charge in [-0.05, 0) is 59.7 Å². The van der Waals surface area contributed by atoms with Crippen molar-refractivity contribution in [1.82, 2.24) is 5.43 Å². The van der Waals surface area contributed by atoms with E-state index in [0.29, 0.717) is 29.4 Å². The summed E-state index contributed by atoms with van der Waals surface area (Å²) >= 11 is 0. The largest absolute Gasteiger partial charge is 0.489 e. The summed E-state index contributed by atoms with van der Waals surface area (Å²) in [7, 11) is 0. The molecule has 164 valence electrons. The Labute approximate surface area is 185 Å². The lowest BCUT2D eigenvalue weighted by atomic mass is 10.2. The third-order valence-electron chi connectivity index (χ3n) is 4.09. The number of benzene rings is 3. The van der Waals surface area contributed by atoms with Gasteiger partial charge >= 0.3 is 5.97 Å². The van der Waals surface area contributed by atoms with E-state index >= 15 is 0 Å². The number of hydrogen-bond donors (Lipinski definition) is 2. The summed E-state index contributed by atoms with van der Waals surface area (Å²) in [4.78, 5) is 22.4. The van der Waals surface area contributed by atoms with Crippen molar-refractivity contribution in [2.75, 3.05) is 13.2 Å². The first-order valence-corrected chi connectivity index (χ1v) is 9.74. The number of ether oxygens (including phenoxy) is 3. The van der Waals surface area contributed by atoms with Crippen LogP contribution in [0.2, 0.25) is 0 Å². The number of amides is 1. The van der Waals surface area contributed by atoms with E-state index in [1.54, 1.807) is 48.5 Å². The van der Waals surface area contributed by atoms with Crippen LogP contribution in [-0.2, 0) is 16.2 Å². The third-order valence-corrected chi connectivity index (χ3v) is 4.09. The van der Waals surface area contributed by atoms with Crippen molar-refractivity contribution < 1.29 is 28.9 Å². The van der Waals surface area contributed by atoms with E-state index in [0.717, 1.165) is 5.56 Å². The Morgan fingerprint density at radius 3 is 1.97 bits per heavy atom. The summed E-state index contributed by atoms with van der Waals surface area (Å²) in [5, 5.41) is 12.5. The monoisotopic (exact) mass is 434 g/mol. The number of hydrazone groups is 1. The van der Waals surface area contributed by atoms with Gasteiger partial charge in [0.1, 0.15) is 23.9 Å². The summed E-state index contributed by atoms with van der Waals surface area (Å²) < 4.78 is 16.2. The van der Waals surface area contributed by atoms with Gasteiger partial charge in [-0.15, -0.1) is 0 Å². The smallest absolute Gasteiger partial charge is 0.341 e. The second-order valence-electron chi connectivity index (χ2n) is 6.58. The van der Waals surface area contributed by atoms with Crippen molar-refractivity contribution in [3.05, 3.63) is 90.0 Å². The molecule has 0 aliphatic carbocycles. The van der Waals surface area contributed by atoms with Gasteiger partial charge in [-0.2, -0.15) is 5.10 Å². The molecule has 8 nitrogen and oxygen atoms in total. The second-order valence-corrected chi connectivity index (χ2v) is 6.58. The molecule has 0 aliphatic rings. The van der Waals surface area contributed by atoms with Crippen LogP contribution in [0.5, 0.6) is 17.2 Å². The number of aliphatic carboxylic acids is 1. The van der Waals surface area contributed by atoms with Crippen molar-refractivity contribution in [3.8, 4) is 17.2 Å². The maximum absolute atomic E-state index is 11.9. The molecule has 2 N–H and O–H groups in total. The Bertz CT molecular complexity index is 1030. The molecule has 0 aliphatic heterocycles. The van der Waals surface area contributed by atoms with Gasteiger partial charge in [0.15, 0.2) is 13.2 Å². The van der Waals surface area contributed by atoms with Crippen LogP contribution in [0.25, 0.3) is 0 Å². The highest BCUT2D eigenvalue weighted by Crippen LogP contribution is 2.18. The molecule has 3 aromatic rings. The molecule has 0 atom stereocenters. The van der Waals surface area contributed by atoms with Crippen molar-refractivity contribution in [1.29, 1.82) is 0 Å². The molecule has 0 saturated heterocycles. The molecule has 3 aromatic carbocycles. The van der Waals surface area contributed by atoms with Crippen LogP contribution in [0.1, 0.15) is 11.1 Å². The maximum atomic E-state index is 11.9. The van der Waals surface area contributed by atoms with E-state index in [4.69, 9.17) is 19.3 Å². The molecule has 3 rings (SSSR count). The minimum absolute atomic E-state index is 0.191. The highest BCUT2D eigenvalue weighted by atomic mass is 16.5. The number of nitrogens with zero attached hydrogens (tertiary/aromatic N) is 1. The minimum Gasteiger partial charge on any atom is -0.489 e. The van der Waals surface area contributed by atoms with E-state index in [-0.39, 0.29) is 6.61 Å². The van der Waals surface area contributed by atoms with Crippen molar-refractivity contribution in [2.45, 2.75) is 6.61 Å². The van der Waals surface area contributed by atoms with Crippen molar-refractivity contribution in [3.63, 3.8) is 0 Å². The fourth-order valence-corrected chi connectivity index (χ4v) is 2.53. The van der Waals surface area contributed by atoms with E-state index < -0.39 is 18.5 Å². The normalized spacial score (nSPS) is 10.5. The van der Waals surface area contributed by atoms with Crippen LogP contribution < -0.4 is 19.6 Å². The highest BCUT2D eigenvalue weighted by molar-refractivity contribution is 5.83. The quantitative estimate of drug-likeness (QED) is 0.354. The van der Waals surface area contributed by atoms with Gasteiger partial charge in [-0.3, -0.25) is 4.79 Å². The molecular weight excluding hydrogens is 412 g/mol. The molecule has 0 unspecified atom stereocenters. The van der Waals surface area contributed by atoms with Gasteiger partial charge in [0.2, 0.25) is 0 Å². The van der Waals surface area contributed by atoms with Crippen LogP contribution >= 0.6 is 0 Å². The molecule has 0 fully saturated rings. The Hall–Kier alpha value is -4.33. The lowest BCUT2D eigenvalue weighted by Crippen LogP contribution is -2.24. The van der Waals surface area contributed by atoms with Crippen LogP contribution in [0.15, 0.2) is 84.0 Å². The number of carboxylic acid groups (broad SMARTS) is 1. The molecule has 32 heavy (non-hydrogen) atoms. The van der Waals surface area contributed by atoms with Gasteiger partial charge in [0.05, 0.1) is 6.21 Å². The zero-order valence-corrected chi connectivity index (χ0v) is 17.1. The summed E-state index contributed by atoms with van der Waals surface area (Å²) in [6.45, 7) is -0.129. The molecule has 0 aromatic heterocycles. The van der Waals surface area contributed by atoms with Gasteiger partial charge < -0.3 is 19.3 Å². The fourth-order valence-electron chi connectivity index (χ4n) is 2.53. The Morgan fingerprint density at radius 2 is 1.34 bits per heavy atom. The molecule has 0 heterocycles. The zero-order chi connectivity index (χ0) is 22.6. The first-order valence-electron chi connectivity index (χ1n) is 9.74. The second kappa shape index (κ2) is 11.8. The van der Waals surface area contributed by atoms with Crippen LogP contribution in [0, 0.1) is 0 Å². The Kier molecular flexibility index (Phi) is 8.21. The molecule has 0 spiro atoms. The molecule has 0 radical (unpaired) electrons. The average molecular weight is 434 g/mol. The van der Waals surface area contributed by atoms with Crippen LogP contribution in [0.4, 0.5) is 0 Å². The SMILES string of the molecule is O=C(O)COc1ccc(/C=N\NC(=O)COc2ccc(OCc3ccccc3)cc2)cc1. The molecule has 8 heteroatoms. The lowest BCUT2D eigenvalue weighted by Gasteiger charge is -2.08. The molecule has 1 amide bonds. The van der Waals surface area contributed by atoms with Crippen molar-refractivity contribution >= 4 is 18.1 Å². The minimum atomic E-state index is -1.05. The standard InChI is InChI=1S/C24H22N2O6/c27-23(26-25-14-18-6-8-20(9-7-18)32-17-24(28)29)16-31-22-12-10-21(11-13-22)30-15-19-4-2-1-3-5-19/h1-14H,15-17H2,(H,26,27)(H,28,29)/b25-14-. The predicted octanol–water partition coefficient (Wildman–Crippen LogP) is 3.26. The van der Waals surface area contributed by atoms with E-state index in [1.807, 2.05) is 30.3 Å².